The average molecular weight is 308 g/mol. The molecule has 0 aliphatic rings. The number of fused-ring (bicyclic) bond motifs is 2. The summed E-state index contributed by atoms with van der Waals surface area (Å²) >= 11 is 0. The summed E-state index contributed by atoms with van der Waals surface area (Å²) < 4.78 is 2.21. The maximum atomic E-state index is 3.54. The van der Waals surface area contributed by atoms with Crippen LogP contribution in [0, 0.1) is 0 Å². The van der Waals surface area contributed by atoms with E-state index in [1.165, 1.54) is 32.9 Å². The van der Waals surface area contributed by atoms with Gasteiger partial charge in [-0.2, -0.15) is 0 Å². The number of nitrogens with one attached hydrogen (secondary N) is 1. The van der Waals surface area contributed by atoms with Crippen molar-refractivity contribution in [1.82, 2.24) is 9.55 Å². The predicted octanol–water partition coefficient (Wildman–Crippen LogP) is 5.78. The second-order valence-electron chi connectivity index (χ2n) is 6.08. The highest BCUT2D eigenvalue weighted by molar-refractivity contribution is 5.88. The number of aromatic amines is 1. The van der Waals surface area contributed by atoms with Gasteiger partial charge in [-0.15, -0.1) is 0 Å². The molecule has 0 amide bonds. The molecular weight excluding hydrogens is 292 g/mol. The minimum atomic E-state index is 1.14. The van der Waals surface area contributed by atoms with Gasteiger partial charge in [0.2, 0.25) is 0 Å². The van der Waals surface area contributed by atoms with Gasteiger partial charge < -0.3 is 9.55 Å². The van der Waals surface area contributed by atoms with Crippen LogP contribution in [0.4, 0.5) is 0 Å². The fourth-order valence-corrected chi connectivity index (χ4v) is 3.37. The molecule has 24 heavy (non-hydrogen) atoms. The Labute approximate surface area is 140 Å². The van der Waals surface area contributed by atoms with E-state index in [1.54, 1.807) is 0 Å². The van der Waals surface area contributed by atoms with Gasteiger partial charge in [0.1, 0.15) is 0 Å². The average Bonchev–Trinajstić information content (AvgIpc) is 3.25. The molecule has 0 saturated heterocycles. The molecule has 2 nitrogen and oxygen atoms in total. The largest absolute Gasteiger partial charge is 0.354 e. The highest BCUT2D eigenvalue weighted by Gasteiger charge is 2.10. The van der Waals surface area contributed by atoms with E-state index in [0.29, 0.717) is 0 Å². The van der Waals surface area contributed by atoms with Gasteiger partial charge in [-0.05, 0) is 29.0 Å². The Hall–Kier alpha value is -3.26. The fraction of sp³-hybridized carbons (Fsp3) is 0. The number of para-hydroxylation sites is 2. The highest BCUT2D eigenvalue weighted by Crippen LogP contribution is 2.30. The summed E-state index contributed by atoms with van der Waals surface area (Å²) in [6.07, 6.45) is 4.38. The maximum absolute atomic E-state index is 3.54. The third kappa shape index (κ3) is 2.04. The zero-order valence-corrected chi connectivity index (χ0v) is 13.1. The summed E-state index contributed by atoms with van der Waals surface area (Å²) in [7, 11) is 0. The summed E-state index contributed by atoms with van der Waals surface area (Å²) in [4.78, 5) is 3.54. The van der Waals surface area contributed by atoms with Crippen LogP contribution in [0.2, 0.25) is 0 Å². The van der Waals surface area contributed by atoms with E-state index in [9.17, 15) is 0 Å². The van der Waals surface area contributed by atoms with Crippen molar-refractivity contribution in [3.63, 3.8) is 0 Å². The molecule has 0 aliphatic carbocycles. The second kappa shape index (κ2) is 5.14. The van der Waals surface area contributed by atoms with Gasteiger partial charge in [-0.1, -0.05) is 60.7 Å². The van der Waals surface area contributed by atoms with Crippen LogP contribution in [0.15, 0.2) is 91.3 Å². The van der Waals surface area contributed by atoms with E-state index in [2.05, 4.69) is 101 Å². The van der Waals surface area contributed by atoms with Gasteiger partial charge in [-0.25, -0.2) is 0 Å². The second-order valence-corrected chi connectivity index (χ2v) is 6.08. The summed E-state index contributed by atoms with van der Waals surface area (Å²) in [5, 5.41) is 3.74. The first-order valence-electron chi connectivity index (χ1n) is 8.13. The van der Waals surface area contributed by atoms with Gasteiger partial charge in [0, 0.05) is 34.6 Å². The smallest absolute Gasteiger partial charge is 0.0543 e. The molecule has 0 saturated carbocycles. The van der Waals surface area contributed by atoms with E-state index in [1.807, 2.05) is 0 Å². The van der Waals surface area contributed by atoms with Crippen molar-refractivity contribution in [2.45, 2.75) is 0 Å². The quantitative estimate of drug-likeness (QED) is 0.427. The lowest BCUT2D eigenvalue weighted by Crippen LogP contribution is -1.93. The van der Waals surface area contributed by atoms with Crippen molar-refractivity contribution < 1.29 is 0 Å². The molecule has 3 aromatic carbocycles. The van der Waals surface area contributed by atoms with E-state index in [-0.39, 0.29) is 0 Å². The summed E-state index contributed by atoms with van der Waals surface area (Å²) in [5.74, 6) is 0. The predicted molar refractivity (Wildman–Crippen MR) is 101 cm³/mol. The topological polar surface area (TPSA) is 20.7 Å². The molecule has 2 aromatic heterocycles. The molecule has 0 fully saturated rings. The molecule has 1 N–H and O–H groups in total. The molecular formula is C22H16N2. The fourth-order valence-electron chi connectivity index (χ4n) is 3.37. The van der Waals surface area contributed by atoms with E-state index in [0.717, 1.165) is 5.69 Å². The van der Waals surface area contributed by atoms with E-state index >= 15 is 0 Å². The van der Waals surface area contributed by atoms with Gasteiger partial charge in [0.25, 0.3) is 0 Å². The number of nitrogens with zero attached hydrogens (tertiary/aromatic N) is 1. The Kier molecular flexibility index (Phi) is 2.83. The van der Waals surface area contributed by atoms with Gasteiger partial charge in [0.15, 0.2) is 0 Å². The number of benzene rings is 3. The summed E-state index contributed by atoms with van der Waals surface area (Å²) in [6.45, 7) is 0. The molecule has 5 rings (SSSR count). The number of hydrogen-bond donors (Lipinski definition) is 1. The highest BCUT2D eigenvalue weighted by atomic mass is 15.0. The molecule has 0 spiro atoms. The standard InChI is InChI=1S/C22H16N2/c1-2-9-18-15-24(14-17(18)8-1)22-12-6-4-10-19(22)21-13-16-7-3-5-11-20(16)23-21/h1-15,23H. The number of rotatable bonds is 2. The minimum Gasteiger partial charge on any atom is -0.354 e. The zero-order chi connectivity index (χ0) is 15.9. The van der Waals surface area contributed by atoms with Crippen molar-refractivity contribution in [3.05, 3.63) is 91.3 Å². The molecule has 2 heterocycles. The van der Waals surface area contributed by atoms with Crippen molar-refractivity contribution in [3.8, 4) is 16.9 Å². The molecule has 2 heteroatoms. The molecule has 0 aliphatic heterocycles. The van der Waals surface area contributed by atoms with Crippen LogP contribution in [0.25, 0.3) is 38.6 Å². The normalized spacial score (nSPS) is 11.3. The Morgan fingerprint density at radius 3 is 2.00 bits per heavy atom. The number of hydrogen-bond acceptors (Lipinski definition) is 0. The minimum absolute atomic E-state index is 1.14. The van der Waals surface area contributed by atoms with Gasteiger partial charge in [0.05, 0.1) is 5.69 Å². The first-order valence-corrected chi connectivity index (χ1v) is 8.13. The first-order chi connectivity index (χ1) is 11.9. The van der Waals surface area contributed by atoms with Crippen LogP contribution in [-0.2, 0) is 0 Å². The molecule has 0 bridgehead atoms. The Morgan fingerprint density at radius 2 is 1.25 bits per heavy atom. The Bertz CT molecular complexity index is 1000. The van der Waals surface area contributed by atoms with Crippen LogP contribution in [0.1, 0.15) is 0 Å². The Balaban J connectivity index is 1.72. The lowest BCUT2D eigenvalue weighted by molar-refractivity contribution is 1.09. The van der Waals surface area contributed by atoms with Crippen molar-refractivity contribution in [2.75, 3.05) is 0 Å². The SMILES string of the molecule is c1ccc(-n2cc3ccccc3c2)c(-c2cc3ccccc3[nH]2)c1. The van der Waals surface area contributed by atoms with E-state index < -0.39 is 0 Å². The van der Waals surface area contributed by atoms with Crippen LogP contribution in [0.5, 0.6) is 0 Å². The van der Waals surface area contributed by atoms with Crippen LogP contribution in [-0.4, -0.2) is 9.55 Å². The van der Waals surface area contributed by atoms with Crippen LogP contribution < -0.4 is 0 Å². The van der Waals surface area contributed by atoms with Crippen molar-refractivity contribution >= 4 is 21.7 Å². The van der Waals surface area contributed by atoms with Crippen molar-refractivity contribution in [1.29, 1.82) is 0 Å². The molecule has 0 atom stereocenters. The zero-order valence-electron chi connectivity index (χ0n) is 13.1. The summed E-state index contributed by atoms with van der Waals surface area (Å²) in [5.41, 5.74) is 4.69. The lowest BCUT2D eigenvalue weighted by Gasteiger charge is -2.09. The third-order valence-electron chi connectivity index (χ3n) is 4.55. The van der Waals surface area contributed by atoms with Gasteiger partial charge >= 0.3 is 0 Å². The Morgan fingerprint density at radius 1 is 0.625 bits per heavy atom. The molecule has 114 valence electrons. The molecule has 0 radical (unpaired) electrons. The first kappa shape index (κ1) is 13.2. The van der Waals surface area contributed by atoms with Crippen LogP contribution >= 0.6 is 0 Å². The number of aromatic nitrogens is 2. The maximum Gasteiger partial charge on any atom is 0.0543 e. The summed E-state index contributed by atoms with van der Waals surface area (Å²) in [6, 6.07) is 27.6. The van der Waals surface area contributed by atoms with Crippen LogP contribution in [0.3, 0.4) is 0 Å². The monoisotopic (exact) mass is 308 g/mol. The van der Waals surface area contributed by atoms with Gasteiger partial charge in [-0.3, -0.25) is 0 Å². The third-order valence-corrected chi connectivity index (χ3v) is 4.55. The van der Waals surface area contributed by atoms with E-state index in [4.69, 9.17) is 0 Å². The lowest BCUT2D eigenvalue weighted by atomic mass is 10.1. The molecule has 5 aromatic rings. The van der Waals surface area contributed by atoms with Crippen molar-refractivity contribution in [2.24, 2.45) is 0 Å². The molecule has 0 unspecified atom stereocenters. The number of H-pyrrole nitrogens is 1.